The van der Waals surface area contributed by atoms with Gasteiger partial charge in [-0.05, 0) is 38.4 Å². The lowest BCUT2D eigenvalue weighted by Gasteiger charge is -2.20. The smallest absolute Gasteiger partial charge is 0.274 e. The summed E-state index contributed by atoms with van der Waals surface area (Å²) < 4.78 is 0. The molecule has 0 spiro atoms. The Morgan fingerprint density at radius 2 is 1.74 bits per heavy atom. The maximum atomic E-state index is 11.9. The average Bonchev–Trinajstić information content (AvgIpc) is 2.72. The second-order valence-electron chi connectivity index (χ2n) is 5.00. The molecule has 102 valence electrons. The van der Waals surface area contributed by atoms with E-state index in [1.807, 2.05) is 24.3 Å². The predicted octanol–water partition coefficient (Wildman–Crippen LogP) is 1.51. The van der Waals surface area contributed by atoms with Crippen molar-refractivity contribution < 1.29 is 4.79 Å². The van der Waals surface area contributed by atoms with Crippen LogP contribution in [0.3, 0.4) is 0 Å². The lowest BCUT2D eigenvalue weighted by atomic mass is 10.1. The highest BCUT2D eigenvalue weighted by Gasteiger charge is 2.16. The molecule has 0 aliphatic carbocycles. The minimum absolute atomic E-state index is 0.0471. The van der Waals surface area contributed by atoms with Crippen LogP contribution in [0.25, 0.3) is 5.57 Å². The van der Waals surface area contributed by atoms with Gasteiger partial charge < -0.3 is 4.90 Å². The van der Waals surface area contributed by atoms with Crippen LogP contribution >= 0.6 is 0 Å². The maximum absolute atomic E-state index is 11.9. The van der Waals surface area contributed by atoms with Crippen LogP contribution in [0.15, 0.2) is 29.3 Å². The van der Waals surface area contributed by atoms with E-state index in [0.29, 0.717) is 0 Å². The van der Waals surface area contributed by atoms with E-state index in [4.69, 9.17) is 0 Å². The Labute approximate surface area is 114 Å². The Morgan fingerprint density at radius 3 is 2.42 bits per heavy atom. The molecular weight excluding hydrogens is 236 g/mol. The van der Waals surface area contributed by atoms with Crippen LogP contribution in [-0.4, -0.2) is 30.4 Å². The first-order valence-electron chi connectivity index (χ1n) is 7.20. The van der Waals surface area contributed by atoms with Crippen molar-refractivity contribution in [2.45, 2.75) is 33.1 Å². The van der Waals surface area contributed by atoms with Gasteiger partial charge in [0.15, 0.2) is 0 Å². The summed E-state index contributed by atoms with van der Waals surface area (Å²) >= 11 is 0. The van der Waals surface area contributed by atoms with Crippen molar-refractivity contribution in [3.8, 4) is 0 Å². The van der Waals surface area contributed by atoms with Crippen molar-refractivity contribution in [3.63, 3.8) is 0 Å². The zero-order valence-corrected chi connectivity index (χ0v) is 11.9. The standard InChI is InChI=1S/C16H22N2O/c1-3-10-18(11-4-2)12-9-14-13-7-5-6-8-15(13)17-16(14)19/h5-8H,3-4,9-12H2,1-2H3. The van der Waals surface area contributed by atoms with Gasteiger partial charge in [0.25, 0.3) is 5.91 Å². The third-order valence-corrected chi connectivity index (χ3v) is 3.47. The van der Waals surface area contributed by atoms with Gasteiger partial charge in [0, 0.05) is 17.3 Å². The first kappa shape index (κ1) is 13.9. The number of hydrogen-bond acceptors (Lipinski definition) is 2. The first-order valence-corrected chi connectivity index (χ1v) is 7.20. The summed E-state index contributed by atoms with van der Waals surface area (Å²) in [5.74, 6) is -0.0471. The van der Waals surface area contributed by atoms with Gasteiger partial charge in [-0.15, -0.1) is 0 Å². The molecule has 1 aliphatic heterocycles. The highest BCUT2D eigenvalue weighted by Crippen LogP contribution is 2.08. The molecule has 1 heterocycles. The van der Waals surface area contributed by atoms with Gasteiger partial charge in [-0.3, -0.25) is 4.79 Å². The molecule has 1 aromatic rings. The quantitative estimate of drug-likeness (QED) is 0.742. The highest BCUT2D eigenvalue weighted by molar-refractivity contribution is 6.15. The van der Waals surface area contributed by atoms with Gasteiger partial charge in [0.2, 0.25) is 0 Å². The van der Waals surface area contributed by atoms with E-state index in [1.54, 1.807) is 0 Å². The van der Waals surface area contributed by atoms with Crippen LogP contribution in [0.4, 0.5) is 0 Å². The summed E-state index contributed by atoms with van der Waals surface area (Å²) in [6.07, 6.45) is 3.12. The second-order valence-corrected chi connectivity index (χ2v) is 5.00. The van der Waals surface area contributed by atoms with Gasteiger partial charge >= 0.3 is 0 Å². The van der Waals surface area contributed by atoms with Gasteiger partial charge in [0.05, 0.1) is 5.36 Å². The van der Waals surface area contributed by atoms with Gasteiger partial charge in [0.1, 0.15) is 0 Å². The number of benzene rings is 1. The fourth-order valence-corrected chi connectivity index (χ4v) is 2.60. The number of rotatable bonds is 7. The molecule has 0 unspecified atom stereocenters. The monoisotopic (exact) mass is 258 g/mol. The van der Waals surface area contributed by atoms with Gasteiger partial charge in [-0.2, -0.15) is 0 Å². The van der Waals surface area contributed by atoms with E-state index in [9.17, 15) is 4.79 Å². The Kier molecular flexibility index (Phi) is 4.86. The lowest BCUT2D eigenvalue weighted by molar-refractivity contribution is -0.112. The Balaban J connectivity index is 2.12. The SMILES string of the molecule is CCCN(CCC)CCC1=c2ccccc2=NC1=O. The number of fused-ring (bicyclic) bond motifs is 1. The number of carbonyl (C=O) groups excluding carboxylic acids is 1. The minimum Gasteiger partial charge on any atom is -0.303 e. The van der Waals surface area contributed by atoms with Crippen LogP contribution in [0, 0.1) is 0 Å². The molecule has 1 amide bonds. The molecule has 0 N–H and O–H groups in total. The maximum Gasteiger partial charge on any atom is 0.274 e. The molecule has 3 nitrogen and oxygen atoms in total. The summed E-state index contributed by atoms with van der Waals surface area (Å²) in [5.41, 5.74) is 0.882. The molecule has 0 bridgehead atoms. The van der Waals surface area contributed by atoms with Crippen molar-refractivity contribution in [1.82, 2.24) is 4.90 Å². The van der Waals surface area contributed by atoms with E-state index >= 15 is 0 Å². The molecule has 0 atom stereocenters. The minimum atomic E-state index is -0.0471. The lowest BCUT2D eigenvalue weighted by Crippen LogP contribution is -2.28. The topological polar surface area (TPSA) is 32.7 Å². The summed E-state index contributed by atoms with van der Waals surface area (Å²) in [5, 5.41) is 1.86. The zero-order chi connectivity index (χ0) is 13.7. The van der Waals surface area contributed by atoms with Crippen LogP contribution < -0.4 is 10.6 Å². The summed E-state index contributed by atoms with van der Waals surface area (Å²) in [7, 11) is 0. The molecule has 0 radical (unpaired) electrons. The van der Waals surface area contributed by atoms with Crippen LogP contribution in [0.1, 0.15) is 33.1 Å². The van der Waals surface area contributed by atoms with Crippen molar-refractivity contribution in [2.75, 3.05) is 19.6 Å². The second kappa shape index (κ2) is 6.62. The largest absolute Gasteiger partial charge is 0.303 e. The fraction of sp³-hybridized carbons (Fsp3) is 0.500. The molecule has 3 heteroatoms. The Bertz CT molecular complexity index is 556. The molecule has 19 heavy (non-hydrogen) atoms. The van der Waals surface area contributed by atoms with Gasteiger partial charge in [-0.25, -0.2) is 4.99 Å². The first-order chi connectivity index (χ1) is 9.26. The molecule has 1 aromatic carbocycles. The molecule has 2 rings (SSSR count). The van der Waals surface area contributed by atoms with Crippen molar-refractivity contribution >= 4 is 11.5 Å². The van der Waals surface area contributed by atoms with E-state index in [2.05, 4.69) is 23.7 Å². The third-order valence-electron chi connectivity index (χ3n) is 3.47. The van der Waals surface area contributed by atoms with E-state index in [1.165, 1.54) is 0 Å². The average molecular weight is 258 g/mol. The third kappa shape index (κ3) is 3.29. The van der Waals surface area contributed by atoms with Crippen molar-refractivity contribution in [1.29, 1.82) is 0 Å². The normalized spacial score (nSPS) is 13.8. The van der Waals surface area contributed by atoms with E-state index < -0.39 is 0 Å². The zero-order valence-electron chi connectivity index (χ0n) is 11.9. The predicted molar refractivity (Wildman–Crippen MR) is 77.3 cm³/mol. The van der Waals surface area contributed by atoms with Crippen LogP contribution in [0.2, 0.25) is 0 Å². The summed E-state index contributed by atoms with van der Waals surface area (Å²) in [6, 6.07) is 7.82. The fourth-order valence-electron chi connectivity index (χ4n) is 2.60. The molecule has 0 fully saturated rings. The Hall–Kier alpha value is -1.48. The molecule has 0 saturated carbocycles. The van der Waals surface area contributed by atoms with E-state index in [0.717, 1.165) is 55.0 Å². The van der Waals surface area contributed by atoms with Gasteiger partial charge in [-0.1, -0.05) is 32.0 Å². The van der Waals surface area contributed by atoms with Crippen molar-refractivity contribution in [2.24, 2.45) is 4.99 Å². The molecule has 0 saturated heterocycles. The summed E-state index contributed by atoms with van der Waals surface area (Å²) in [6.45, 7) is 7.55. The van der Waals surface area contributed by atoms with Crippen LogP contribution in [-0.2, 0) is 4.79 Å². The molecule has 1 aliphatic rings. The van der Waals surface area contributed by atoms with Crippen LogP contribution in [0.5, 0.6) is 0 Å². The number of nitrogens with zero attached hydrogens (tertiary/aromatic N) is 2. The highest BCUT2D eigenvalue weighted by atomic mass is 16.1. The van der Waals surface area contributed by atoms with Crippen molar-refractivity contribution in [3.05, 3.63) is 34.8 Å². The molecular formula is C16H22N2O. The summed E-state index contributed by atoms with van der Waals surface area (Å²) in [4.78, 5) is 18.5. The Morgan fingerprint density at radius 1 is 1.05 bits per heavy atom. The molecule has 0 aromatic heterocycles. The number of para-hydroxylation sites is 1. The number of carbonyl (C=O) groups is 1. The van der Waals surface area contributed by atoms with E-state index in [-0.39, 0.29) is 5.91 Å². The number of amides is 1. The number of hydrogen-bond donors (Lipinski definition) is 0.